The van der Waals surface area contributed by atoms with E-state index < -0.39 is 0 Å². The third-order valence-corrected chi connectivity index (χ3v) is 4.30. The van der Waals surface area contributed by atoms with E-state index in [2.05, 4.69) is 5.32 Å². The van der Waals surface area contributed by atoms with Gasteiger partial charge in [0.1, 0.15) is 5.76 Å². The summed E-state index contributed by atoms with van der Waals surface area (Å²) in [4.78, 5) is 13.6. The highest BCUT2D eigenvalue weighted by Crippen LogP contribution is 2.25. The number of nitrogens with one attached hydrogen (secondary N) is 1. The third-order valence-electron chi connectivity index (χ3n) is 4.30. The lowest BCUT2D eigenvalue weighted by atomic mass is 10.1. The predicted octanol–water partition coefficient (Wildman–Crippen LogP) is 2.79. The summed E-state index contributed by atoms with van der Waals surface area (Å²) in [6, 6.07) is 11.5. The zero-order valence-electron chi connectivity index (χ0n) is 13.2. The van der Waals surface area contributed by atoms with Gasteiger partial charge in [-0.25, -0.2) is 0 Å². The van der Waals surface area contributed by atoms with Crippen molar-refractivity contribution in [2.45, 2.75) is 31.8 Å². The number of nitrogens with zero attached hydrogens (tertiary/aromatic N) is 1. The van der Waals surface area contributed by atoms with Crippen LogP contribution in [0.25, 0.3) is 0 Å². The molecule has 122 valence electrons. The average molecular weight is 314 g/mol. The van der Waals surface area contributed by atoms with Gasteiger partial charge < -0.3 is 14.4 Å². The fourth-order valence-corrected chi connectivity index (χ4v) is 2.98. The van der Waals surface area contributed by atoms with Crippen LogP contribution < -0.4 is 10.2 Å². The number of furan rings is 1. The largest absolute Gasteiger partial charge is 0.468 e. The molecule has 3 rings (SSSR count). The van der Waals surface area contributed by atoms with Gasteiger partial charge in [-0.1, -0.05) is 12.1 Å². The zero-order valence-corrected chi connectivity index (χ0v) is 13.2. The van der Waals surface area contributed by atoms with Crippen LogP contribution in [0.3, 0.4) is 0 Å². The van der Waals surface area contributed by atoms with Gasteiger partial charge in [-0.3, -0.25) is 10.1 Å². The molecule has 1 aliphatic heterocycles. The van der Waals surface area contributed by atoms with Crippen molar-refractivity contribution in [3.63, 3.8) is 0 Å². The number of amides is 1. The summed E-state index contributed by atoms with van der Waals surface area (Å²) >= 11 is 0. The van der Waals surface area contributed by atoms with Crippen molar-refractivity contribution >= 4 is 11.6 Å². The first-order valence-corrected chi connectivity index (χ1v) is 7.99. The minimum Gasteiger partial charge on any atom is -0.468 e. The first-order chi connectivity index (χ1) is 11.2. The molecule has 1 aromatic carbocycles. The van der Waals surface area contributed by atoms with Crippen LogP contribution in [0.5, 0.6) is 0 Å². The second kappa shape index (κ2) is 6.98. The Morgan fingerprint density at radius 3 is 2.65 bits per heavy atom. The van der Waals surface area contributed by atoms with E-state index in [1.165, 1.54) is 0 Å². The first-order valence-electron chi connectivity index (χ1n) is 7.99. The van der Waals surface area contributed by atoms with Crippen molar-refractivity contribution in [2.75, 3.05) is 18.1 Å². The van der Waals surface area contributed by atoms with Crippen LogP contribution in [0.2, 0.25) is 0 Å². The van der Waals surface area contributed by atoms with Gasteiger partial charge in [0.25, 0.3) is 0 Å². The molecule has 0 saturated carbocycles. The highest BCUT2D eigenvalue weighted by molar-refractivity contribution is 5.95. The fraction of sp³-hybridized carbons (Fsp3) is 0.389. The quantitative estimate of drug-likeness (QED) is 0.860. The van der Waals surface area contributed by atoms with Gasteiger partial charge in [0.05, 0.1) is 18.9 Å². The molecule has 2 heterocycles. The van der Waals surface area contributed by atoms with Crippen LogP contribution in [0.4, 0.5) is 5.69 Å². The SMILES string of the molecule is CC(NC(CO)c1ccco1)c1ccc(N2CCCC2=O)cc1. The Bertz CT molecular complexity index is 637. The lowest BCUT2D eigenvalue weighted by Crippen LogP contribution is -2.27. The topological polar surface area (TPSA) is 65.7 Å². The van der Waals surface area contributed by atoms with Crippen molar-refractivity contribution in [2.24, 2.45) is 0 Å². The van der Waals surface area contributed by atoms with Crippen molar-refractivity contribution < 1.29 is 14.3 Å². The van der Waals surface area contributed by atoms with Crippen LogP contribution in [0.15, 0.2) is 47.1 Å². The predicted molar refractivity (Wildman–Crippen MR) is 88.1 cm³/mol. The number of hydrogen-bond donors (Lipinski definition) is 2. The molecule has 2 N–H and O–H groups in total. The van der Waals surface area contributed by atoms with Crippen LogP contribution >= 0.6 is 0 Å². The molecular weight excluding hydrogens is 292 g/mol. The number of hydrogen-bond acceptors (Lipinski definition) is 4. The molecule has 1 aromatic heterocycles. The van der Waals surface area contributed by atoms with Gasteiger partial charge in [0.15, 0.2) is 0 Å². The molecule has 1 fully saturated rings. The highest BCUT2D eigenvalue weighted by atomic mass is 16.3. The Balaban J connectivity index is 1.67. The maximum Gasteiger partial charge on any atom is 0.227 e. The number of rotatable bonds is 6. The Morgan fingerprint density at radius 2 is 2.09 bits per heavy atom. The van der Waals surface area contributed by atoms with Crippen LogP contribution in [0, 0.1) is 0 Å². The first kappa shape index (κ1) is 15.8. The molecular formula is C18H22N2O3. The maximum absolute atomic E-state index is 11.8. The van der Waals surface area contributed by atoms with Crippen LogP contribution in [0.1, 0.15) is 43.2 Å². The lowest BCUT2D eigenvalue weighted by molar-refractivity contribution is -0.117. The van der Waals surface area contributed by atoms with Gasteiger partial charge in [-0.15, -0.1) is 0 Å². The smallest absolute Gasteiger partial charge is 0.227 e. The molecule has 5 nitrogen and oxygen atoms in total. The van der Waals surface area contributed by atoms with E-state index in [9.17, 15) is 9.90 Å². The maximum atomic E-state index is 11.8. The third kappa shape index (κ3) is 3.46. The van der Waals surface area contributed by atoms with E-state index in [0.717, 1.165) is 30.0 Å². The summed E-state index contributed by atoms with van der Waals surface area (Å²) in [7, 11) is 0. The van der Waals surface area contributed by atoms with E-state index in [1.54, 1.807) is 6.26 Å². The molecule has 0 bridgehead atoms. The van der Waals surface area contributed by atoms with E-state index in [0.29, 0.717) is 6.42 Å². The number of carbonyl (C=O) groups excluding carboxylic acids is 1. The van der Waals surface area contributed by atoms with Crippen molar-refractivity contribution in [3.8, 4) is 0 Å². The second-order valence-electron chi connectivity index (χ2n) is 5.88. The standard InChI is InChI=1S/C18H22N2O3/c1-13(19-16(12-21)17-4-3-11-23-17)14-6-8-15(9-7-14)20-10-2-5-18(20)22/h3-4,6-9,11,13,16,19,21H,2,5,10,12H2,1H3. The lowest BCUT2D eigenvalue weighted by Gasteiger charge is -2.22. The number of aliphatic hydroxyl groups excluding tert-OH is 1. The van der Waals surface area contributed by atoms with E-state index >= 15 is 0 Å². The minimum atomic E-state index is -0.236. The van der Waals surface area contributed by atoms with Gasteiger partial charge >= 0.3 is 0 Å². The molecule has 5 heteroatoms. The molecule has 23 heavy (non-hydrogen) atoms. The molecule has 0 spiro atoms. The van der Waals surface area contributed by atoms with Crippen molar-refractivity contribution in [1.82, 2.24) is 5.32 Å². The zero-order chi connectivity index (χ0) is 16.2. The summed E-state index contributed by atoms with van der Waals surface area (Å²) in [5.74, 6) is 0.917. The molecule has 1 saturated heterocycles. The summed E-state index contributed by atoms with van der Waals surface area (Å²) < 4.78 is 5.36. The fourth-order valence-electron chi connectivity index (χ4n) is 2.98. The van der Waals surface area contributed by atoms with E-state index in [4.69, 9.17) is 4.42 Å². The Labute approximate surface area is 135 Å². The molecule has 2 aromatic rings. The molecule has 2 unspecified atom stereocenters. The number of anilines is 1. The van der Waals surface area contributed by atoms with Gasteiger partial charge in [-0.05, 0) is 43.2 Å². The van der Waals surface area contributed by atoms with Gasteiger partial charge in [0, 0.05) is 24.7 Å². The number of aliphatic hydroxyl groups is 1. The summed E-state index contributed by atoms with van der Waals surface area (Å²) in [6.45, 7) is 2.82. The Hall–Kier alpha value is -2.11. The normalized spacial score (nSPS) is 17.5. The summed E-state index contributed by atoms with van der Waals surface area (Å²) in [6.07, 6.45) is 3.17. The number of benzene rings is 1. The van der Waals surface area contributed by atoms with Crippen molar-refractivity contribution in [3.05, 3.63) is 54.0 Å². The van der Waals surface area contributed by atoms with Crippen LogP contribution in [-0.4, -0.2) is 24.2 Å². The summed E-state index contributed by atoms with van der Waals surface area (Å²) in [5, 5.41) is 12.9. The second-order valence-corrected chi connectivity index (χ2v) is 5.88. The average Bonchev–Trinajstić information content (AvgIpc) is 3.24. The molecule has 1 amide bonds. The molecule has 0 radical (unpaired) electrons. The van der Waals surface area contributed by atoms with E-state index in [-0.39, 0.29) is 24.6 Å². The van der Waals surface area contributed by atoms with Gasteiger partial charge in [-0.2, -0.15) is 0 Å². The highest BCUT2D eigenvalue weighted by Gasteiger charge is 2.22. The minimum absolute atomic E-state index is 0.0295. The Kier molecular flexibility index (Phi) is 4.79. The van der Waals surface area contributed by atoms with Crippen molar-refractivity contribution in [1.29, 1.82) is 0 Å². The molecule has 2 atom stereocenters. The molecule has 0 aliphatic carbocycles. The monoisotopic (exact) mass is 314 g/mol. The van der Waals surface area contributed by atoms with Crippen LogP contribution in [-0.2, 0) is 4.79 Å². The summed E-state index contributed by atoms with van der Waals surface area (Å²) in [5.41, 5.74) is 2.05. The van der Waals surface area contributed by atoms with Gasteiger partial charge in [0.2, 0.25) is 5.91 Å². The number of carbonyl (C=O) groups is 1. The van der Waals surface area contributed by atoms with E-state index in [1.807, 2.05) is 48.2 Å². The molecule has 1 aliphatic rings. The Morgan fingerprint density at radius 1 is 1.30 bits per heavy atom.